The number of hydrogen-bond donors (Lipinski definition) is 0. The van der Waals surface area contributed by atoms with E-state index in [-0.39, 0.29) is 12.1 Å². The molecule has 4 aliphatic rings. The van der Waals surface area contributed by atoms with E-state index in [0.29, 0.717) is 10.8 Å². The van der Waals surface area contributed by atoms with Crippen molar-refractivity contribution in [1.29, 1.82) is 0 Å². The van der Waals surface area contributed by atoms with E-state index in [1.165, 1.54) is 83.5 Å². The van der Waals surface area contributed by atoms with Crippen molar-refractivity contribution >= 4 is 17.6 Å². The third kappa shape index (κ3) is 5.07. The van der Waals surface area contributed by atoms with Gasteiger partial charge in [0, 0.05) is 6.42 Å². The molecule has 8 atom stereocenters. The molecular formula is C30H49ClO2. The minimum atomic E-state index is -0.550. The summed E-state index contributed by atoms with van der Waals surface area (Å²) in [5.41, 5.74) is 2.48. The van der Waals surface area contributed by atoms with Crippen molar-refractivity contribution in [2.24, 2.45) is 34.5 Å². The van der Waals surface area contributed by atoms with Gasteiger partial charge in [0.15, 0.2) is 0 Å². The van der Waals surface area contributed by atoms with Crippen molar-refractivity contribution in [2.75, 3.05) is 0 Å². The van der Waals surface area contributed by atoms with Crippen molar-refractivity contribution in [3.05, 3.63) is 11.6 Å². The average Bonchev–Trinajstić information content (AvgIpc) is 3.12. The molecule has 33 heavy (non-hydrogen) atoms. The Balaban J connectivity index is 1.38. The fraction of sp³-hybridized carbons (Fsp3) is 0.900. The van der Waals surface area contributed by atoms with Crippen LogP contribution in [0.2, 0.25) is 0 Å². The van der Waals surface area contributed by atoms with Gasteiger partial charge in [-0.25, -0.2) is 0 Å². The average molecular weight is 477 g/mol. The highest BCUT2D eigenvalue weighted by molar-refractivity contribution is 6.29. The van der Waals surface area contributed by atoms with Crippen molar-refractivity contribution in [3.8, 4) is 0 Å². The maximum atomic E-state index is 12.0. The molecule has 0 amide bonds. The monoisotopic (exact) mass is 476 g/mol. The van der Waals surface area contributed by atoms with E-state index in [1.54, 1.807) is 12.5 Å². The van der Waals surface area contributed by atoms with E-state index < -0.39 is 5.38 Å². The molecule has 0 spiro atoms. The molecule has 2 nitrogen and oxygen atoms in total. The van der Waals surface area contributed by atoms with E-state index in [0.717, 1.165) is 36.5 Å². The standard InChI is InChI=1S/C30H49ClO2/c1-5-6-7-8-9-10-11-22-13-15-26-25-14-12-23-20-24(33-28(32)21(2)31)16-18-30(23,4)27(25)17-19-29(22,26)3/h12,21-22,24-27H,5-11,13-20H2,1-4H3/t21-,22+,24+,25-,26-,27-,29-,30+/m1/s1. The van der Waals surface area contributed by atoms with Crippen LogP contribution in [0.1, 0.15) is 124 Å². The van der Waals surface area contributed by atoms with Crippen LogP contribution < -0.4 is 0 Å². The third-order valence-corrected chi connectivity index (χ3v) is 10.9. The molecule has 0 aliphatic heterocycles. The second kappa shape index (κ2) is 10.6. The molecular weight excluding hydrogens is 428 g/mol. The molecule has 3 fully saturated rings. The Hall–Kier alpha value is -0.500. The smallest absolute Gasteiger partial charge is 0.324 e. The number of esters is 1. The first kappa shape index (κ1) is 25.6. The maximum absolute atomic E-state index is 12.0. The van der Waals surface area contributed by atoms with Gasteiger partial charge in [-0.3, -0.25) is 4.79 Å². The first-order valence-corrected chi connectivity index (χ1v) is 14.8. The zero-order valence-corrected chi connectivity index (χ0v) is 22.6. The van der Waals surface area contributed by atoms with Crippen molar-refractivity contribution < 1.29 is 9.53 Å². The Morgan fingerprint density at radius 3 is 2.58 bits per heavy atom. The lowest BCUT2D eigenvalue weighted by Crippen LogP contribution is -2.50. The normalized spacial score (nSPS) is 40.9. The molecule has 4 rings (SSSR count). The second-order valence-electron chi connectivity index (χ2n) is 12.6. The molecule has 0 aromatic carbocycles. The van der Waals surface area contributed by atoms with Gasteiger partial charge >= 0.3 is 5.97 Å². The van der Waals surface area contributed by atoms with E-state index in [9.17, 15) is 4.79 Å². The molecule has 0 aromatic heterocycles. The molecule has 0 unspecified atom stereocenters. The fourth-order valence-electron chi connectivity index (χ4n) is 8.74. The van der Waals surface area contributed by atoms with Crippen LogP contribution in [0.25, 0.3) is 0 Å². The summed E-state index contributed by atoms with van der Waals surface area (Å²) in [4.78, 5) is 12.0. The van der Waals surface area contributed by atoms with Crippen LogP contribution in [-0.2, 0) is 9.53 Å². The summed E-state index contributed by atoms with van der Waals surface area (Å²) in [6.45, 7) is 9.24. The van der Waals surface area contributed by atoms with Crippen LogP contribution in [0.5, 0.6) is 0 Å². The van der Waals surface area contributed by atoms with Gasteiger partial charge < -0.3 is 4.74 Å². The van der Waals surface area contributed by atoms with Crippen molar-refractivity contribution in [2.45, 2.75) is 135 Å². The van der Waals surface area contributed by atoms with Gasteiger partial charge in [0.2, 0.25) is 0 Å². The number of alkyl halides is 1. The highest BCUT2D eigenvalue weighted by Crippen LogP contribution is 2.66. The lowest BCUT2D eigenvalue weighted by atomic mass is 9.47. The Morgan fingerprint density at radius 1 is 1.06 bits per heavy atom. The van der Waals surface area contributed by atoms with Gasteiger partial charge in [0.1, 0.15) is 11.5 Å². The Bertz CT molecular complexity index is 714. The van der Waals surface area contributed by atoms with E-state index >= 15 is 0 Å². The molecule has 188 valence electrons. The minimum Gasteiger partial charge on any atom is -0.461 e. The molecule has 0 bridgehead atoms. The Morgan fingerprint density at radius 2 is 1.82 bits per heavy atom. The van der Waals surface area contributed by atoms with Gasteiger partial charge in [-0.05, 0) is 92.8 Å². The summed E-state index contributed by atoms with van der Waals surface area (Å²) in [5, 5.41) is -0.550. The first-order valence-electron chi connectivity index (χ1n) is 14.3. The molecule has 3 saturated carbocycles. The fourth-order valence-corrected chi connectivity index (χ4v) is 8.79. The van der Waals surface area contributed by atoms with E-state index in [4.69, 9.17) is 16.3 Å². The number of hydrogen-bond acceptors (Lipinski definition) is 2. The zero-order valence-electron chi connectivity index (χ0n) is 21.8. The number of ether oxygens (including phenoxy) is 1. The predicted molar refractivity (Wildman–Crippen MR) is 138 cm³/mol. The summed E-state index contributed by atoms with van der Waals surface area (Å²) in [5.74, 6) is 3.32. The summed E-state index contributed by atoms with van der Waals surface area (Å²) >= 11 is 5.95. The number of halogens is 1. The van der Waals surface area contributed by atoms with Crippen LogP contribution in [0.15, 0.2) is 11.6 Å². The van der Waals surface area contributed by atoms with Crippen LogP contribution in [0, 0.1) is 34.5 Å². The Kier molecular flexibility index (Phi) is 8.24. The molecule has 0 N–H and O–H groups in total. The molecule has 4 aliphatic carbocycles. The van der Waals surface area contributed by atoms with E-state index in [1.807, 2.05) is 0 Å². The van der Waals surface area contributed by atoms with Crippen LogP contribution >= 0.6 is 11.6 Å². The largest absolute Gasteiger partial charge is 0.461 e. The number of unbranched alkanes of at least 4 members (excludes halogenated alkanes) is 5. The molecule has 0 aromatic rings. The van der Waals surface area contributed by atoms with Crippen LogP contribution in [-0.4, -0.2) is 17.5 Å². The minimum absolute atomic E-state index is 0.0246. The van der Waals surface area contributed by atoms with Gasteiger partial charge in [0.25, 0.3) is 0 Å². The summed E-state index contributed by atoms with van der Waals surface area (Å²) in [6.07, 6.45) is 22.7. The van der Waals surface area contributed by atoms with Gasteiger partial charge in [-0.15, -0.1) is 11.6 Å². The van der Waals surface area contributed by atoms with Gasteiger partial charge in [-0.1, -0.05) is 70.9 Å². The molecule has 3 heteroatoms. The molecule has 0 heterocycles. The van der Waals surface area contributed by atoms with Gasteiger partial charge in [0.05, 0.1) is 0 Å². The number of allylic oxidation sites excluding steroid dienone is 1. The SMILES string of the molecule is CCCCCCCC[C@H]1CC[C@@H]2[C@H]3CC=C4C[C@@H](OC(=O)[C@@H](C)Cl)CC[C@]4(C)[C@@H]3CC[C@]12C. The predicted octanol–water partition coefficient (Wildman–Crippen LogP) is 8.86. The topological polar surface area (TPSA) is 26.3 Å². The Labute approximate surface area is 208 Å². The van der Waals surface area contributed by atoms with Crippen molar-refractivity contribution in [3.63, 3.8) is 0 Å². The molecule has 0 radical (unpaired) electrons. The highest BCUT2D eigenvalue weighted by Gasteiger charge is 2.58. The first-order chi connectivity index (χ1) is 15.8. The number of rotatable bonds is 9. The summed E-state index contributed by atoms with van der Waals surface area (Å²) in [7, 11) is 0. The van der Waals surface area contributed by atoms with Crippen LogP contribution in [0.3, 0.4) is 0 Å². The van der Waals surface area contributed by atoms with Crippen molar-refractivity contribution in [1.82, 2.24) is 0 Å². The lowest BCUT2D eigenvalue weighted by Gasteiger charge is -2.58. The third-order valence-electron chi connectivity index (χ3n) is 10.8. The number of fused-ring (bicyclic) bond motifs is 5. The van der Waals surface area contributed by atoms with Crippen LogP contribution in [0.4, 0.5) is 0 Å². The zero-order chi connectivity index (χ0) is 23.6. The number of carbonyl (C=O) groups is 1. The molecule has 0 saturated heterocycles. The second-order valence-corrected chi connectivity index (χ2v) is 13.2. The lowest BCUT2D eigenvalue weighted by molar-refractivity contribution is -0.150. The quantitative estimate of drug-likeness (QED) is 0.144. The van der Waals surface area contributed by atoms with E-state index in [2.05, 4.69) is 26.8 Å². The maximum Gasteiger partial charge on any atom is 0.324 e. The summed E-state index contributed by atoms with van der Waals surface area (Å²) in [6, 6.07) is 0. The number of carbonyl (C=O) groups excluding carboxylic acids is 1. The highest BCUT2D eigenvalue weighted by atomic mass is 35.5. The summed E-state index contributed by atoms with van der Waals surface area (Å²) < 4.78 is 5.74. The van der Waals surface area contributed by atoms with Gasteiger partial charge in [-0.2, -0.15) is 0 Å².